The lowest BCUT2D eigenvalue weighted by Gasteiger charge is -2.18. The molecule has 0 spiro atoms. The van der Waals surface area contributed by atoms with E-state index in [9.17, 15) is 4.39 Å². The van der Waals surface area contributed by atoms with Crippen LogP contribution in [0.4, 0.5) is 4.39 Å². The Morgan fingerprint density at radius 1 is 1.11 bits per heavy atom. The van der Waals surface area contributed by atoms with E-state index in [-0.39, 0.29) is 10.8 Å². The number of benzene rings is 1. The van der Waals surface area contributed by atoms with E-state index in [0.29, 0.717) is 5.92 Å². The monoisotopic (exact) mass is 270 g/mol. The maximum atomic E-state index is 13.7. The third-order valence-corrected chi connectivity index (χ3v) is 3.98. The highest BCUT2D eigenvalue weighted by atomic mass is 35.5. The van der Waals surface area contributed by atoms with Gasteiger partial charge in [-0.05, 0) is 42.9 Å². The van der Waals surface area contributed by atoms with Crippen LogP contribution in [0.5, 0.6) is 0 Å². The molecule has 1 aromatic rings. The van der Waals surface area contributed by atoms with Crippen LogP contribution in [0.3, 0.4) is 0 Å². The minimum atomic E-state index is -0.275. The first-order valence-corrected chi connectivity index (χ1v) is 7.43. The number of hydrogen-bond acceptors (Lipinski definition) is 0. The van der Waals surface area contributed by atoms with Gasteiger partial charge >= 0.3 is 0 Å². The molecule has 1 rings (SSSR count). The van der Waals surface area contributed by atoms with Gasteiger partial charge in [0, 0.05) is 0 Å². The smallest absolute Gasteiger partial charge is 0.142 e. The topological polar surface area (TPSA) is 0 Å². The summed E-state index contributed by atoms with van der Waals surface area (Å²) in [5.74, 6) is 0.204. The Hall–Kier alpha value is -0.560. The molecule has 0 saturated carbocycles. The summed E-state index contributed by atoms with van der Waals surface area (Å²) in [5.41, 5.74) is 1.97. The normalized spacial score (nSPS) is 12.7. The molecule has 0 aliphatic heterocycles. The Morgan fingerprint density at radius 3 is 2.39 bits per heavy atom. The van der Waals surface area contributed by atoms with E-state index < -0.39 is 0 Å². The fraction of sp³-hybridized carbons (Fsp3) is 0.625. The van der Waals surface area contributed by atoms with Crippen LogP contribution in [-0.2, 0) is 0 Å². The van der Waals surface area contributed by atoms with Crippen molar-refractivity contribution < 1.29 is 4.39 Å². The van der Waals surface area contributed by atoms with E-state index in [1.54, 1.807) is 6.07 Å². The van der Waals surface area contributed by atoms with E-state index >= 15 is 0 Å². The zero-order valence-corrected chi connectivity index (χ0v) is 12.5. The van der Waals surface area contributed by atoms with Gasteiger partial charge in [0.2, 0.25) is 0 Å². The molecule has 2 heteroatoms. The van der Waals surface area contributed by atoms with Gasteiger partial charge in [-0.2, -0.15) is 0 Å². The lowest BCUT2D eigenvalue weighted by molar-refractivity contribution is 0.524. The van der Waals surface area contributed by atoms with Crippen LogP contribution < -0.4 is 0 Å². The van der Waals surface area contributed by atoms with Gasteiger partial charge in [0.25, 0.3) is 0 Å². The highest BCUT2D eigenvalue weighted by Crippen LogP contribution is 2.31. The van der Waals surface area contributed by atoms with Gasteiger partial charge in [0.15, 0.2) is 0 Å². The van der Waals surface area contributed by atoms with Crippen LogP contribution in [0.2, 0.25) is 5.02 Å². The third-order valence-electron chi connectivity index (χ3n) is 3.50. The van der Waals surface area contributed by atoms with Crippen molar-refractivity contribution >= 4 is 11.6 Å². The second kappa shape index (κ2) is 7.78. The van der Waals surface area contributed by atoms with Crippen LogP contribution >= 0.6 is 11.6 Å². The molecule has 0 radical (unpaired) electrons. The average molecular weight is 271 g/mol. The van der Waals surface area contributed by atoms with Gasteiger partial charge in [-0.15, -0.1) is 0 Å². The Morgan fingerprint density at radius 2 is 1.83 bits per heavy atom. The molecule has 1 atom stereocenters. The number of rotatable bonds is 7. The highest BCUT2D eigenvalue weighted by molar-refractivity contribution is 6.31. The Balaban J connectivity index is 2.84. The molecule has 18 heavy (non-hydrogen) atoms. The molecule has 0 amide bonds. The molecular formula is C16H24ClF. The summed E-state index contributed by atoms with van der Waals surface area (Å²) >= 11 is 5.88. The molecule has 1 unspecified atom stereocenters. The second-order valence-electron chi connectivity index (χ2n) is 5.11. The third kappa shape index (κ3) is 4.28. The summed E-state index contributed by atoms with van der Waals surface area (Å²) in [7, 11) is 0. The van der Waals surface area contributed by atoms with Crippen molar-refractivity contribution in [2.24, 2.45) is 0 Å². The van der Waals surface area contributed by atoms with Gasteiger partial charge in [-0.25, -0.2) is 4.39 Å². The number of hydrogen-bond donors (Lipinski definition) is 0. The standard InChI is InChI=1S/C16H24ClF/c1-4-6-7-9-13(8-5-2)14-10-12(3)16(17)15(18)11-14/h10-11,13H,4-9H2,1-3H3. The van der Waals surface area contributed by atoms with Crippen LogP contribution in [0.1, 0.15) is 69.4 Å². The van der Waals surface area contributed by atoms with E-state index in [1.165, 1.54) is 19.3 Å². The molecule has 102 valence electrons. The maximum absolute atomic E-state index is 13.7. The van der Waals surface area contributed by atoms with E-state index in [2.05, 4.69) is 19.9 Å². The zero-order valence-electron chi connectivity index (χ0n) is 11.7. The molecule has 0 heterocycles. The molecule has 0 aliphatic rings. The molecule has 0 aromatic heterocycles. The summed E-state index contributed by atoms with van der Waals surface area (Å²) in [6, 6.07) is 3.68. The first-order chi connectivity index (χ1) is 8.60. The van der Waals surface area contributed by atoms with Crippen LogP contribution in [0.25, 0.3) is 0 Å². The average Bonchev–Trinajstić information content (AvgIpc) is 2.34. The van der Waals surface area contributed by atoms with Crippen molar-refractivity contribution in [3.05, 3.63) is 34.1 Å². The van der Waals surface area contributed by atoms with Crippen molar-refractivity contribution in [1.29, 1.82) is 0 Å². The molecule has 0 bridgehead atoms. The van der Waals surface area contributed by atoms with Gasteiger partial charge in [-0.1, -0.05) is 57.2 Å². The van der Waals surface area contributed by atoms with Crippen molar-refractivity contribution in [2.75, 3.05) is 0 Å². The second-order valence-corrected chi connectivity index (χ2v) is 5.49. The number of aryl methyl sites for hydroxylation is 1. The first-order valence-electron chi connectivity index (χ1n) is 7.05. The Labute approximate surface area is 116 Å². The Kier molecular flexibility index (Phi) is 6.70. The van der Waals surface area contributed by atoms with Gasteiger partial charge in [0.05, 0.1) is 5.02 Å². The summed E-state index contributed by atoms with van der Waals surface area (Å²) in [5, 5.41) is 0.266. The molecule has 1 aromatic carbocycles. The van der Waals surface area contributed by atoms with Gasteiger partial charge in [0.1, 0.15) is 5.82 Å². The minimum absolute atomic E-state index is 0.266. The van der Waals surface area contributed by atoms with E-state index in [4.69, 9.17) is 11.6 Å². The largest absolute Gasteiger partial charge is 0.205 e. The van der Waals surface area contributed by atoms with Gasteiger partial charge < -0.3 is 0 Å². The van der Waals surface area contributed by atoms with Gasteiger partial charge in [-0.3, -0.25) is 0 Å². The summed E-state index contributed by atoms with van der Waals surface area (Å²) in [6.45, 7) is 6.27. The predicted molar refractivity (Wildman–Crippen MR) is 77.9 cm³/mol. The molecule has 0 nitrogen and oxygen atoms in total. The summed E-state index contributed by atoms with van der Waals surface area (Å²) < 4.78 is 13.7. The predicted octanol–water partition coefficient (Wildman–Crippen LogP) is 6.25. The fourth-order valence-corrected chi connectivity index (χ4v) is 2.56. The molecule has 0 saturated heterocycles. The van der Waals surface area contributed by atoms with Crippen molar-refractivity contribution in [2.45, 2.75) is 65.2 Å². The quantitative estimate of drug-likeness (QED) is 0.514. The maximum Gasteiger partial charge on any atom is 0.142 e. The number of halogens is 2. The van der Waals surface area contributed by atoms with Crippen molar-refractivity contribution in [3.8, 4) is 0 Å². The molecule has 0 aliphatic carbocycles. The lowest BCUT2D eigenvalue weighted by atomic mass is 9.88. The van der Waals surface area contributed by atoms with Crippen LogP contribution in [0, 0.1) is 12.7 Å². The molecular weight excluding hydrogens is 247 g/mol. The first kappa shape index (κ1) is 15.5. The van der Waals surface area contributed by atoms with Crippen molar-refractivity contribution in [3.63, 3.8) is 0 Å². The fourth-order valence-electron chi connectivity index (χ4n) is 2.46. The summed E-state index contributed by atoms with van der Waals surface area (Å²) in [4.78, 5) is 0. The van der Waals surface area contributed by atoms with E-state index in [1.807, 2.05) is 6.92 Å². The zero-order chi connectivity index (χ0) is 13.5. The molecule has 0 N–H and O–H groups in total. The van der Waals surface area contributed by atoms with Crippen molar-refractivity contribution in [1.82, 2.24) is 0 Å². The lowest BCUT2D eigenvalue weighted by Crippen LogP contribution is -2.01. The van der Waals surface area contributed by atoms with Crippen LogP contribution in [0.15, 0.2) is 12.1 Å². The van der Waals surface area contributed by atoms with E-state index in [0.717, 1.165) is 30.4 Å². The summed E-state index contributed by atoms with van der Waals surface area (Å²) in [6.07, 6.45) is 7.14. The SMILES string of the molecule is CCCCCC(CCC)c1cc(C)c(Cl)c(F)c1. The highest BCUT2D eigenvalue weighted by Gasteiger charge is 2.14. The molecule has 0 fully saturated rings. The number of unbranched alkanes of at least 4 members (excludes halogenated alkanes) is 2. The minimum Gasteiger partial charge on any atom is -0.205 e. The Bertz CT molecular complexity index is 350. The van der Waals surface area contributed by atoms with Crippen LogP contribution in [-0.4, -0.2) is 0 Å².